The van der Waals surface area contributed by atoms with Crippen molar-refractivity contribution in [2.24, 2.45) is 0 Å². The maximum absolute atomic E-state index is 11.1. The van der Waals surface area contributed by atoms with E-state index in [1.807, 2.05) is 16.8 Å². The molecule has 0 amide bonds. The molecule has 1 atom stereocenters. The second-order valence-corrected chi connectivity index (χ2v) is 6.49. The molecule has 0 spiro atoms. The van der Waals surface area contributed by atoms with Crippen LogP contribution < -0.4 is 0 Å². The highest BCUT2D eigenvalue weighted by Crippen LogP contribution is 2.36. The van der Waals surface area contributed by atoms with Crippen molar-refractivity contribution in [3.63, 3.8) is 0 Å². The maximum Gasteiger partial charge on any atom is 0.118 e. The Morgan fingerprint density at radius 2 is 2.24 bits per heavy atom. The molecule has 0 aliphatic rings. The van der Waals surface area contributed by atoms with Gasteiger partial charge < -0.3 is 9.67 Å². The molecule has 0 bridgehead atoms. The van der Waals surface area contributed by atoms with Crippen molar-refractivity contribution in [1.82, 2.24) is 9.55 Å². The smallest absolute Gasteiger partial charge is 0.118 e. The van der Waals surface area contributed by atoms with Gasteiger partial charge in [-0.1, -0.05) is 41.4 Å². The van der Waals surface area contributed by atoms with Gasteiger partial charge in [-0.05, 0) is 6.07 Å². The van der Waals surface area contributed by atoms with Crippen LogP contribution in [0, 0.1) is 0 Å². The molecular weight excluding hydrogens is 327 g/mol. The lowest BCUT2D eigenvalue weighted by atomic mass is 9.95. The van der Waals surface area contributed by atoms with E-state index in [4.69, 9.17) is 23.2 Å². The number of aromatic nitrogens is 2. The highest BCUT2D eigenvalue weighted by molar-refractivity contribution is 7.99. The average molecular weight is 343 g/mol. The minimum Gasteiger partial charge on any atom is -0.382 e. The van der Waals surface area contributed by atoms with Gasteiger partial charge in [0, 0.05) is 29.5 Å². The van der Waals surface area contributed by atoms with Crippen LogP contribution in [0.2, 0.25) is 10.0 Å². The molecule has 0 saturated heterocycles. The third-order valence-corrected chi connectivity index (χ3v) is 5.00. The van der Waals surface area contributed by atoms with Crippen LogP contribution in [0.15, 0.2) is 49.6 Å². The first-order valence-electron chi connectivity index (χ1n) is 6.38. The summed E-state index contributed by atoms with van der Waals surface area (Å²) in [5, 5.41) is 12.0. The first-order valence-corrected chi connectivity index (χ1v) is 8.29. The quantitative estimate of drug-likeness (QED) is 0.610. The Hall–Kier alpha value is -0.940. The van der Waals surface area contributed by atoms with Crippen LogP contribution in [-0.4, -0.2) is 26.2 Å². The molecule has 1 unspecified atom stereocenters. The highest BCUT2D eigenvalue weighted by atomic mass is 35.5. The van der Waals surface area contributed by atoms with Crippen molar-refractivity contribution in [1.29, 1.82) is 0 Å². The largest absolute Gasteiger partial charge is 0.382 e. The van der Waals surface area contributed by atoms with E-state index >= 15 is 0 Å². The average Bonchev–Trinajstić information content (AvgIpc) is 2.94. The summed E-state index contributed by atoms with van der Waals surface area (Å²) >= 11 is 14.0. The zero-order chi connectivity index (χ0) is 15.3. The van der Waals surface area contributed by atoms with Crippen molar-refractivity contribution in [2.45, 2.75) is 12.1 Å². The minimum absolute atomic E-state index is 0.358. The summed E-state index contributed by atoms with van der Waals surface area (Å²) in [6.07, 6.45) is 6.96. The third-order valence-electron chi connectivity index (χ3n) is 3.03. The lowest BCUT2D eigenvalue weighted by molar-refractivity contribution is 0.0436. The molecule has 112 valence electrons. The summed E-state index contributed by atoms with van der Waals surface area (Å²) in [6.45, 7) is 4.05. The fourth-order valence-corrected chi connectivity index (χ4v) is 3.41. The van der Waals surface area contributed by atoms with Gasteiger partial charge in [0.1, 0.15) is 5.60 Å². The van der Waals surface area contributed by atoms with Gasteiger partial charge in [-0.3, -0.25) is 0 Å². The zero-order valence-electron chi connectivity index (χ0n) is 11.4. The van der Waals surface area contributed by atoms with Crippen LogP contribution in [0.3, 0.4) is 0 Å². The Morgan fingerprint density at radius 1 is 1.43 bits per heavy atom. The van der Waals surface area contributed by atoms with E-state index in [0.29, 0.717) is 27.9 Å². The van der Waals surface area contributed by atoms with Crippen molar-refractivity contribution >= 4 is 35.0 Å². The Balaban J connectivity index is 2.34. The molecule has 1 aromatic carbocycles. The summed E-state index contributed by atoms with van der Waals surface area (Å²) in [7, 11) is 0. The molecule has 0 aliphatic carbocycles. The number of hydrogen-bond donors (Lipinski definition) is 1. The number of hydrogen-bond acceptors (Lipinski definition) is 3. The molecule has 2 rings (SSSR count). The maximum atomic E-state index is 11.1. The summed E-state index contributed by atoms with van der Waals surface area (Å²) in [5.74, 6) is 1.24. The summed E-state index contributed by atoms with van der Waals surface area (Å²) in [6, 6.07) is 5.31. The van der Waals surface area contributed by atoms with Crippen LogP contribution in [0.4, 0.5) is 0 Å². The van der Waals surface area contributed by atoms with Crippen molar-refractivity contribution in [3.8, 4) is 0 Å². The molecular formula is C15H16Cl2N2OS. The van der Waals surface area contributed by atoms with E-state index in [2.05, 4.69) is 11.6 Å². The molecule has 6 heteroatoms. The molecule has 1 heterocycles. The molecule has 3 nitrogen and oxygen atoms in total. The van der Waals surface area contributed by atoms with Gasteiger partial charge in [0.25, 0.3) is 0 Å². The van der Waals surface area contributed by atoms with E-state index in [9.17, 15) is 5.11 Å². The van der Waals surface area contributed by atoms with Crippen LogP contribution in [0.5, 0.6) is 0 Å². The minimum atomic E-state index is -1.13. The summed E-state index contributed by atoms with van der Waals surface area (Å²) in [5.41, 5.74) is -0.502. The topological polar surface area (TPSA) is 38.0 Å². The molecule has 2 aromatic rings. The van der Waals surface area contributed by atoms with Gasteiger partial charge in [-0.15, -0.1) is 6.58 Å². The SMILES string of the molecule is C=CCSCC(O)(Cn1ccnc1)c1cccc(Cl)c1Cl. The molecule has 1 N–H and O–H groups in total. The van der Waals surface area contributed by atoms with E-state index < -0.39 is 5.60 Å². The highest BCUT2D eigenvalue weighted by Gasteiger charge is 2.32. The van der Waals surface area contributed by atoms with Crippen LogP contribution in [0.1, 0.15) is 5.56 Å². The number of halogens is 2. The third kappa shape index (κ3) is 4.04. The second-order valence-electron chi connectivity index (χ2n) is 4.67. The molecule has 0 radical (unpaired) electrons. The van der Waals surface area contributed by atoms with Gasteiger partial charge in [-0.25, -0.2) is 4.98 Å². The van der Waals surface area contributed by atoms with Crippen LogP contribution in [-0.2, 0) is 12.1 Å². The Bertz CT molecular complexity index is 604. The van der Waals surface area contributed by atoms with E-state index in [-0.39, 0.29) is 0 Å². The Kier molecular flexibility index (Phi) is 5.76. The molecule has 1 aromatic heterocycles. The molecule has 0 fully saturated rings. The lowest BCUT2D eigenvalue weighted by Crippen LogP contribution is -2.34. The number of imidazole rings is 1. The number of thioether (sulfide) groups is 1. The normalized spacial score (nSPS) is 13.9. The number of aliphatic hydroxyl groups is 1. The second kappa shape index (κ2) is 7.36. The summed E-state index contributed by atoms with van der Waals surface area (Å²) in [4.78, 5) is 4.01. The monoisotopic (exact) mass is 342 g/mol. The lowest BCUT2D eigenvalue weighted by Gasteiger charge is -2.30. The standard InChI is InChI=1S/C15H16Cl2N2OS/c1-2-8-21-10-15(20,9-19-7-6-18-11-19)12-4-3-5-13(16)14(12)17/h2-7,11,20H,1,8-10H2. The fraction of sp³-hybridized carbons (Fsp3) is 0.267. The summed E-state index contributed by atoms with van der Waals surface area (Å²) < 4.78 is 1.83. The van der Waals surface area contributed by atoms with Gasteiger partial charge >= 0.3 is 0 Å². The van der Waals surface area contributed by atoms with Gasteiger partial charge in [0.05, 0.1) is 22.9 Å². The van der Waals surface area contributed by atoms with Crippen LogP contribution in [0.25, 0.3) is 0 Å². The van der Waals surface area contributed by atoms with Crippen molar-refractivity contribution in [2.75, 3.05) is 11.5 Å². The predicted octanol–water partition coefficient (Wildman–Crippen LogP) is 4.00. The van der Waals surface area contributed by atoms with Crippen molar-refractivity contribution in [3.05, 3.63) is 65.2 Å². The molecule has 0 aliphatic heterocycles. The fourth-order valence-electron chi connectivity index (χ4n) is 2.07. The first kappa shape index (κ1) is 16.4. The van der Waals surface area contributed by atoms with Crippen LogP contribution >= 0.6 is 35.0 Å². The van der Waals surface area contributed by atoms with Gasteiger partial charge in [0.15, 0.2) is 0 Å². The van der Waals surface area contributed by atoms with Crippen molar-refractivity contribution < 1.29 is 5.11 Å². The van der Waals surface area contributed by atoms with E-state index in [0.717, 1.165) is 5.75 Å². The number of nitrogens with zero attached hydrogens (tertiary/aromatic N) is 2. The number of rotatable bonds is 7. The van der Waals surface area contributed by atoms with Gasteiger partial charge in [0.2, 0.25) is 0 Å². The molecule has 0 saturated carbocycles. The predicted molar refractivity (Wildman–Crippen MR) is 90.1 cm³/mol. The Labute approximate surface area is 138 Å². The Morgan fingerprint density at radius 3 is 2.90 bits per heavy atom. The van der Waals surface area contributed by atoms with E-state index in [1.54, 1.807) is 42.5 Å². The van der Waals surface area contributed by atoms with Gasteiger partial charge in [-0.2, -0.15) is 11.8 Å². The number of benzene rings is 1. The molecule has 21 heavy (non-hydrogen) atoms. The zero-order valence-corrected chi connectivity index (χ0v) is 13.7. The van der Waals surface area contributed by atoms with E-state index in [1.165, 1.54) is 0 Å². The first-order chi connectivity index (χ1) is 10.1.